The molecule has 1 unspecified atom stereocenters. The molecule has 1 aromatic carbocycles. The molecule has 3 aliphatic rings. The SMILES string of the molecule is CN1[C@@H]2CC[C@H]1CC(OC(=O)N1Cc3ccccc3CC1=O)C2. The fourth-order valence-electron chi connectivity index (χ4n) is 4.23. The van der Waals surface area contributed by atoms with Crippen molar-refractivity contribution in [3.63, 3.8) is 0 Å². The summed E-state index contributed by atoms with van der Waals surface area (Å²) in [6, 6.07) is 8.82. The highest BCUT2D eigenvalue weighted by atomic mass is 16.6. The summed E-state index contributed by atoms with van der Waals surface area (Å²) in [5.41, 5.74) is 2.05. The molecule has 2 bridgehead atoms. The van der Waals surface area contributed by atoms with Crippen LogP contribution in [0.3, 0.4) is 0 Å². The Bertz CT molecular complexity index is 631. The van der Waals surface area contributed by atoms with Crippen molar-refractivity contribution < 1.29 is 14.3 Å². The number of carbonyl (C=O) groups excluding carboxylic acids is 2. The highest BCUT2D eigenvalue weighted by Gasteiger charge is 2.41. The lowest BCUT2D eigenvalue weighted by Gasteiger charge is -2.36. The molecule has 0 saturated carbocycles. The van der Waals surface area contributed by atoms with Crippen LogP contribution in [0.15, 0.2) is 24.3 Å². The fourth-order valence-corrected chi connectivity index (χ4v) is 4.23. The highest BCUT2D eigenvalue weighted by Crippen LogP contribution is 2.35. The van der Waals surface area contributed by atoms with Gasteiger partial charge in [-0.15, -0.1) is 0 Å². The van der Waals surface area contributed by atoms with E-state index in [2.05, 4.69) is 11.9 Å². The van der Waals surface area contributed by atoms with E-state index in [1.54, 1.807) is 0 Å². The topological polar surface area (TPSA) is 49.9 Å². The Morgan fingerprint density at radius 2 is 1.78 bits per heavy atom. The maximum absolute atomic E-state index is 12.5. The third-order valence-electron chi connectivity index (χ3n) is 5.63. The molecule has 2 fully saturated rings. The third-order valence-corrected chi connectivity index (χ3v) is 5.63. The fraction of sp³-hybridized carbons (Fsp3) is 0.556. The lowest BCUT2D eigenvalue weighted by molar-refractivity contribution is -0.130. The zero-order valence-corrected chi connectivity index (χ0v) is 13.4. The number of imide groups is 1. The third kappa shape index (κ3) is 2.63. The van der Waals surface area contributed by atoms with Gasteiger partial charge in [0.1, 0.15) is 6.10 Å². The Hall–Kier alpha value is -1.88. The minimum absolute atomic E-state index is 0.0545. The molecule has 4 rings (SSSR count). The number of amides is 2. The Kier molecular flexibility index (Phi) is 3.60. The van der Waals surface area contributed by atoms with Crippen LogP contribution < -0.4 is 0 Å². The van der Waals surface area contributed by atoms with Crippen molar-refractivity contribution in [3.05, 3.63) is 35.4 Å². The van der Waals surface area contributed by atoms with E-state index in [0.717, 1.165) is 24.0 Å². The average Bonchev–Trinajstić information content (AvgIpc) is 2.75. The van der Waals surface area contributed by atoms with Crippen molar-refractivity contribution in [2.75, 3.05) is 7.05 Å². The zero-order valence-electron chi connectivity index (χ0n) is 13.4. The number of rotatable bonds is 1. The van der Waals surface area contributed by atoms with Gasteiger partial charge in [-0.1, -0.05) is 24.3 Å². The standard InChI is InChI=1S/C18H22N2O3/c1-19-14-6-7-15(19)10-16(9-14)23-18(22)20-11-13-5-3-2-4-12(13)8-17(20)21/h2-5,14-16H,6-11H2,1H3/t14-,15+,16?. The van der Waals surface area contributed by atoms with Gasteiger partial charge < -0.3 is 9.64 Å². The maximum Gasteiger partial charge on any atom is 0.417 e. The first-order valence-corrected chi connectivity index (χ1v) is 8.41. The second kappa shape index (κ2) is 5.64. The summed E-state index contributed by atoms with van der Waals surface area (Å²) < 4.78 is 5.68. The molecule has 1 aromatic rings. The molecule has 0 aliphatic carbocycles. The Balaban J connectivity index is 1.43. The van der Waals surface area contributed by atoms with E-state index in [-0.39, 0.29) is 18.4 Å². The number of hydrogen-bond donors (Lipinski definition) is 0. The normalized spacial score (nSPS) is 30.2. The molecule has 2 saturated heterocycles. The van der Waals surface area contributed by atoms with Gasteiger partial charge in [0.2, 0.25) is 5.91 Å². The molecular weight excluding hydrogens is 292 g/mol. The molecule has 5 heteroatoms. The van der Waals surface area contributed by atoms with Gasteiger partial charge in [-0.2, -0.15) is 0 Å². The van der Waals surface area contributed by atoms with Crippen molar-refractivity contribution in [3.8, 4) is 0 Å². The van der Waals surface area contributed by atoms with Crippen LogP contribution in [-0.2, 0) is 22.5 Å². The van der Waals surface area contributed by atoms with E-state index in [1.165, 1.54) is 17.7 Å². The van der Waals surface area contributed by atoms with Gasteiger partial charge in [0.15, 0.2) is 0 Å². The van der Waals surface area contributed by atoms with Crippen LogP contribution in [0.4, 0.5) is 4.79 Å². The monoisotopic (exact) mass is 314 g/mol. The van der Waals surface area contributed by atoms with Crippen molar-refractivity contribution in [2.24, 2.45) is 0 Å². The number of fused-ring (bicyclic) bond motifs is 3. The Morgan fingerprint density at radius 1 is 1.13 bits per heavy atom. The Labute approximate surface area is 136 Å². The molecule has 0 spiro atoms. The molecule has 0 radical (unpaired) electrons. The molecule has 122 valence electrons. The van der Waals surface area contributed by atoms with Crippen LogP contribution >= 0.6 is 0 Å². The first kappa shape index (κ1) is 14.7. The highest BCUT2D eigenvalue weighted by molar-refractivity contribution is 5.94. The van der Waals surface area contributed by atoms with Gasteiger partial charge in [-0.05, 0) is 31.0 Å². The average molecular weight is 314 g/mol. The zero-order chi connectivity index (χ0) is 16.0. The first-order valence-electron chi connectivity index (χ1n) is 8.41. The van der Waals surface area contributed by atoms with Crippen LogP contribution in [0.1, 0.15) is 36.8 Å². The molecule has 23 heavy (non-hydrogen) atoms. The van der Waals surface area contributed by atoms with Crippen molar-refractivity contribution in [1.29, 1.82) is 0 Å². The van der Waals surface area contributed by atoms with Crippen LogP contribution in [0.5, 0.6) is 0 Å². The summed E-state index contributed by atoms with van der Waals surface area (Å²) >= 11 is 0. The van der Waals surface area contributed by atoms with E-state index in [9.17, 15) is 9.59 Å². The molecular formula is C18H22N2O3. The van der Waals surface area contributed by atoms with Crippen molar-refractivity contribution in [2.45, 2.75) is 56.8 Å². The van der Waals surface area contributed by atoms with Crippen LogP contribution in [-0.4, -0.2) is 47.0 Å². The first-order chi connectivity index (χ1) is 11.1. The molecule has 0 aromatic heterocycles. The molecule has 5 nitrogen and oxygen atoms in total. The van der Waals surface area contributed by atoms with Crippen molar-refractivity contribution in [1.82, 2.24) is 9.80 Å². The quantitative estimate of drug-likeness (QED) is 0.798. The molecule has 3 atom stereocenters. The van der Waals surface area contributed by atoms with Gasteiger partial charge in [-0.3, -0.25) is 4.79 Å². The maximum atomic E-state index is 12.5. The predicted octanol–water partition coefficient (Wildman–Crippen LogP) is 2.33. The van der Waals surface area contributed by atoms with Gasteiger partial charge in [0.05, 0.1) is 13.0 Å². The van der Waals surface area contributed by atoms with E-state index in [1.807, 2.05) is 24.3 Å². The number of carbonyl (C=O) groups is 2. The van der Waals surface area contributed by atoms with E-state index < -0.39 is 6.09 Å². The number of piperidine rings is 1. The second-order valence-corrected chi connectivity index (χ2v) is 6.95. The number of nitrogens with zero attached hydrogens (tertiary/aromatic N) is 2. The largest absolute Gasteiger partial charge is 0.446 e. The minimum Gasteiger partial charge on any atom is -0.446 e. The summed E-state index contributed by atoms with van der Waals surface area (Å²) in [5.74, 6) is -0.162. The van der Waals surface area contributed by atoms with E-state index >= 15 is 0 Å². The van der Waals surface area contributed by atoms with Gasteiger partial charge in [0.25, 0.3) is 0 Å². The van der Waals surface area contributed by atoms with Crippen LogP contribution in [0.25, 0.3) is 0 Å². The van der Waals surface area contributed by atoms with Gasteiger partial charge in [0, 0.05) is 24.9 Å². The molecule has 3 heterocycles. The Morgan fingerprint density at radius 3 is 2.48 bits per heavy atom. The summed E-state index contributed by atoms with van der Waals surface area (Å²) in [6.07, 6.45) is 3.90. The number of benzene rings is 1. The summed E-state index contributed by atoms with van der Waals surface area (Å²) in [7, 11) is 2.16. The van der Waals surface area contributed by atoms with Crippen LogP contribution in [0, 0.1) is 0 Å². The second-order valence-electron chi connectivity index (χ2n) is 6.95. The van der Waals surface area contributed by atoms with E-state index in [4.69, 9.17) is 4.74 Å². The summed E-state index contributed by atoms with van der Waals surface area (Å²) in [5, 5.41) is 0. The van der Waals surface area contributed by atoms with Gasteiger partial charge in [-0.25, -0.2) is 9.69 Å². The molecule has 2 amide bonds. The summed E-state index contributed by atoms with van der Waals surface area (Å²) in [4.78, 5) is 28.4. The lowest BCUT2D eigenvalue weighted by atomic mass is 9.99. The van der Waals surface area contributed by atoms with Crippen LogP contribution in [0.2, 0.25) is 0 Å². The smallest absolute Gasteiger partial charge is 0.417 e. The summed E-state index contributed by atoms with van der Waals surface area (Å²) in [6.45, 7) is 0.327. The lowest BCUT2D eigenvalue weighted by Crippen LogP contribution is -2.46. The molecule has 3 aliphatic heterocycles. The number of ether oxygens (including phenoxy) is 1. The van der Waals surface area contributed by atoms with Gasteiger partial charge >= 0.3 is 6.09 Å². The predicted molar refractivity (Wildman–Crippen MR) is 84.8 cm³/mol. The van der Waals surface area contributed by atoms with E-state index in [0.29, 0.717) is 18.6 Å². The number of hydrogen-bond acceptors (Lipinski definition) is 4. The minimum atomic E-state index is -0.474. The van der Waals surface area contributed by atoms with Crippen molar-refractivity contribution >= 4 is 12.0 Å². The molecule has 0 N–H and O–H groups in total.